The number of aliphatic carboxylic acids is 2. The van der Waals surface area contributed by atoms with Gasteiger partial charge in [-0.15, -0.1) is 0 Å². The third kappa shape index (κ3) is 10.9. The molecular weight excluding hydrogens is 532 g/mol. The molecule has 0 saturated heterocycles. The average molecular weight is 571 g/mol. The normalized spacial score (nSPS) is 14.5. The lowest BCUT2D eigenvalue weighted by atomic mass is 9.98. The highest BCUT2D eigenvalue weighted by atomic mass is 16.4. The van der Waals surface area contributed by atoms with Crippen LogP contribution in [0, 0.1) is 5.92 Å². The van der Waals surface area contributed by atoms with Crippen molar-refractivity contribution >= 4 is 29.7 Å². The van der Waals surface area contributed by atoms with E-state index < -0.39 is 60.2 Å². The van der Waals surface area contributed by atoms with Crippen molar-refractivity contribution in [1.29, 1.82) is 0 Å². The van der Waals surface area contributed by atoms with Crippen molar-refractivity contribution in [3.63, 3.8) is 0 Å². The molecule has 2 aromatic rings. The van der Waals surface area contributed by atoms with E-state index in [0.717, 1.165) is 0 Å². The number of phenols is 1. The molecule has 0 aliphatic carbocycles. The van der Waals surface area contributed by atoms with Crippen LogP contribution in [-0.4, -0.2) is 69.1 Å². The molecule has 0 aromatic heterocycles. The van der Waals surface area contributed by atoms with Crippen molar-refractivity contribution in [2.45, 2.75) is 70.1 Å². The summed E-state index contributed by atoms with van der Waals surface area (Å²) < 4.78 is 0. The molecule has 0 bridgehead atoms. The summed E-state index contributed by atoms with van der Waals surface area (Å²) in [4.78, 5) is 62.4. The van der Waals surface area contributed by atoms with Crippen LogP contribution in [0.2, 0.25) is 0 Å². The quantitative estimate of drug-likeness (QED) is 0.153. The Balaban J connectivity index is 2.33. The Kier molecular flexibility index (Phi) is 12.8. The Morgan fingerprint density at radius 3 is 1.73 bits per heavy atom. The molecule has 5 atom stereocenters. The van der Waals surface area contributed by atoms with E-state index in [4.69, 9.17) is 10.8 Å². The zero-order valence-corrected chi connectivity index (χ0v) is 23.1. The third-order valence-electron chi connectivity index (χ3n) is 6.75. The number of hydrogen-bond acceptors (Lipinski definition) is 7. The van der Waals surface area contributed by atoms with Crippen molar-refractivity contribution in [2.75, 3.05) is 0 Å². The molecule has 0 spiro atoms. The van der Waals surface area contributed by atoms with Crippen LogP contribution in [-0.2, 0) is 36.8 Å². The fourth-order valence-electron chi connectivity index (χ4n) is 3.99. The summed E-state index contributed by atoms with van der Waals surface area (Å²) in [6.07, 6.45) is -0.188. The van der Waals surface area contributed by atoms with E-state index in [-0.39, 0.29) is 30.9 Å². The molecule has 0 aliphatic rings. The van der Waals surface area contributed by atoms with Gasteiger partial charge in [0.2, 0.25) is 17.7 Å². The number of nitrogens with two attached hydrogens (primary N) is 1. The number of amides is 3. The van der Waals surface area contributed by atoms with Crippen LogP contribution >= 0.6 is 0 Å². The van der Waals surface area contributed by atoms with Gasteiger partial charge in [0, 0.05) is 19.3 Å². The molecule has 12 heteroatoms. The lowest BCUT2D eigenvalue weighted by Crippen LogP contribution is -2.58. The number of phenolic OH excluding ortho intramolecular Hbond substituents is 1. The van der Waals surface area contributed by atoms with Gasteiger partial charge in [-0.2, -0.15) is 0 Å². The van der Waals surface area contributed by atoms with E-state index in [1.807, 2.05) is 13.8 Å². The lowest BCUT2D eigenvalue weighted by Gasteiger charge is -2.26. The van der Waals surface area contributed by atoms with E-state index in [1.165, 1.54) is 12.1 Å². The van der Waals surface area contributed by atoms with Gasteiger partial charge < -0.3 is 37.0 Å². The van der Waals surface area contributed by atoms with E-state index in [2.05, 4.69) is 16.0 Å². The van der Waals surface area contributed by atoms with Gasteiger partial charge >= 0.3 is 11.9 Å². The molecule has 0 saturated carbocycles. The molecule has 12 nitrogen and oxygen atoms in total. The molecule has 0 aliphatic heterocycles. The summed E-state index contributed by atoms with van der Waals surface area (Å²) >= 11 is 0. The van der Waals surface area contributed by atoms with Crippen LogP contribution in [0.3, 0.4) is 0 Å². The van der Waals surface area contributed by atoms with Gasteiger partial charge in [-0.3, -0.25) is 19.2 Å². The predicted octanol–water partition coefficient (Wildman–Crippen LogP) is 0.955. The Labute approximate surface area is 238 Å². The maximum absolute atomic E-state index is 13.6. The summed E-state index contributed by atoms with van der Waals surface area (Å²) in [6.45, 7) is 3.69. The number of benzene rings is 2. The fraction of sp³-hybridized carbons (Fsp3) is 0.414. The fourth-order valence-corrected chi connectivity index (χ4v) is 3.99. The van der Waals surface area contributed by atoms with Gasteiger partial charge in [-0.1, -0.05) is 62.7 Å². The van der Waals surface area contributed by atoms with Crippen LogP contribution < -0.4 is 21.7 Å². The maximum Gasteiger partial charge on any atom is 0.326 e. The maximum atomic E-state index is 13.6. The minimum atomic E-state index is -1.49. The molecule has 2 aromatic carbocycles. The van der Waals surface area contributed by atoms with Crippen molar-refractivity contribution < 1.29 is 39.3 Å². The molecule has 0 fully saturated rings. The highest BCUT2D eigenvalue weighted by molar-refractivity contribution is 5.94. The smallest absolute Gasteiger partial charge is 0.326 e. The molecule has 0 radical (unpaired) electrons. The largest absolute Gasteiger partial charge is 0.508 e. The van der Waals surface area contributed by atoms with E-state index >= 15 is 0 Å². The Hall–Kier alpha value is -4.45. The molecule has 0 heterocycles. The SMILES string of the molecule is CCC(C)C(N)C(=O)NC(Cc1ccc(O)cc1)C(=O)NC(Cc1ccccc1)C(=O)NC(CCC(=O)O)C(=O)O. The van der Waals surface area contributed by atoms with Crippen LogP contribution in [0.1, 0.15) is 44.2 Å². The zero-order chi connectivity index (χ0) is 30.5. The summed E-state index contributed by atoms with van der Waals surface area (Å²) in [5.41, 5.74) is 7.36. The van der Waals surface area contributed by atoms with Gasteiger partial charge in [0.15, 0.2) is 0 Å². The summed E-state index contributed by atoms with van der Waals surface area (Å²) in [6, 6.07) is 9.97. The minimum Gasteiger partial charge on any atom is -0.508 e. The second-order valence-corrected chi connectivity index (χ2v) is 9.93. The second-order valence-electron chi connectivity index (χ2n) is 9.93. The van der Waals surface area contributed by atoms with Gasteiger partial charge in [0.25, 0.3) is 0 Å². The first-order valence-corrected chi connectivity index (χ1v) is 13.3. The van der Waals surface area contributed by atoms with Crippen molar-refractivity contribution in [3.8, 4) is 5.75 Å². The average Bonchev–Trinajstić information content (AvgIpc) is 2.94. The minimum absolute atomic E-state index is 0.00403. The van der Waals surface area contributed by atoms with Gasteiger partial charge in [-0.25, -0.2) is 4.79 Å². The van der Waals surface area contributed by atoms with Crippen LogP contribution in [0.25, 0.3) is 0 Å². The van der Waals surface area contributed by atoms with E-state index in [0.29, 0.717) is 17.5 Å². The number of carbonyl (C=O) groups is 5. The first-order chi connectivity index (χ1) is 19.4. The highest BCUT2D eigenvalue weighted by Gasteiger charge is 2.31. The molecule has 5 unspecified atom stereocenters. The standard InChI is InChI=1S/C29H38N4O8/c1-3-17(2)25(30)28(39)33-23(16-19-9-11-20(34)12-10-19)27(38)32-22(15-18-7-5-4-6-8-18)26(37)31-21(29(40)41)13-14-24(35)36/h4-12,17,21-23,25,34H,3,13-16,30H2,1-2H3,(H,31,37)(H,32,38)(H,33,39)(H,35,36)(H,40,41). The zero-order valence-electron chi connectivity index (χ0n) is 23.1. The number of rotatable bonds is 16. The number of nitrogens with one attached hydrogen (secondary N) is 3. The second kappa shape index (κ2) is 16.0. The topological polar surface area (TPSA) is 208 Å². The molecule has 222 valence electrons. The lowest BCUT2D eigenvalue weighted by molar-refractivity contribution is -0.143. The summed E-state index contributed by atoms with van der Waals surface area (Å²) in [5, 5.41) is 35.7. The van der Waals surface area contributed by atoms with Gasteiger partial charge in [0.05, 0.1) is 6.04 Å². The predicted molar refractivity (Wildman–Crippen MR) is 150 cm³/mol. The Bertz CT molecular complexity index is 1190. The molecule has 3 amide bonds. The van der Waals surface area contributed by atoms with Gasteiger partial charge in [-0.05, 0) is 35.6 Å². The Morgan fingerprint density at radius 1 is 0.756 bits per heavy atom. The number of carboxylic acids is 2. The molecule has 8 N–H and O–H groups in total. The van der Waals surface area contributed by atoms with Crippen LogP contribution in [0.4, 0.5) is 0 Å². The van der Waals surface area contributed by atoms with Crippen molar-refractivity contribution in [1.82, 2.24) is 16.0 Å². The summed E-state index contributed by atoms with van der Waals surface area (Å²) in [5.74, 6) is -4.87. The number of carboxylic acid groups (broad SMARTS) is 2. The van der Waals surface area contributed by atoms with E-state index in [1.54, 1.807) is 42.5 Å². The first-order valence-electron chi connectivity index (χ1n) is 13.3. The monoisotopic (exact) mass is 570 g/mol. The van der Waals surface area contributed by atoms with E-state index in [9.17, 15) is 34.2 Å². The molecular formula is C29H38N4O8. The van der Waals surface area contributed by atoms with Crippen molar-refractivity contribution in [2.24, 2.45) is 11.7 Å². The molecule has 2 rings (SSSR count). The Morgan fingerprint density at radius 2 is 1.24 bits per heavy atom. The number of carbonyl (C=O) groups excluding carboxylic acids is 3. The number of hydrogen-bond donors (Lipinski definition) is 7. The van der Waals surface area contributed by atoms with Crippen LogP contribution in [0.5, 0.6) is 5.75 Å². The highest BCUT2D eigenvalue weighted by Crippen LogP contribution is 2.13. The third-order valence-corrected chi connectivity index (χ3v) is 6.75. The first kappa shape index (κ1) is 32.8. The van der Waals surface area contributed by atoms with Crippen molar-refractivity contribution in [3.05, 3.63) is 65.7 Å². The summed E-state index contributed by atoms with van der Waals surface area (Å²) in [7, 11) is 0. The molecule has 41 heavy (non-hydrogen) atoms. The van der Waals surface area contributed by atoms with Crippen LogP contribution in [0.15, 0.2) is 54.6 Å². The van der Waals surface area contributed by atoms with Gasteiger partial charge in [0.1, 0.15) is 23.9 Å². The number of aromatic hydroxyl groups is 1.